The number of carbonyl (C=O) groups is 2. The van der Waals surface area contributed by atoms with Crippen LogP contribution in [0, 0.1) is 6.92 Å². The number of amides is 2. The van der Waals surface area contributed by atoms with Crippen LogP contribution in [-0.4, -0.2) is 59.6 Å². The second-order valence-electron chi connectivity index (χ2n) is 11.1. The molecule has 3 heterocycles. The first-order chi connectivity index (χ1) is 20.9. The SMILES string of the molecule is COc1ccccc1N1CCN(Cc2ccc(CNc3cccc4nc(C)n(C5CCC(=O)NC5=O)c(=O)c34)cc2)CC1. The molecule has 2 aliphatic heterocycles. The number of piperidine rings is 1. The molecule has 10 nitrogen and oxygen atoms in total. The van der Waals surface area contributed by atoms with Gasteiger partial charge in [-0.25, -0.2) is 4.98 Å². The molecular formula is C33H36N6O4. The van der Waals surface area contributed by atoms with Crippen molar-refractivity contribution in [2.75, 3.05) is 43.5 Å². The number of ether oxygens (including phenoxy) is 1. The van der Waals surface area contributed by atoms with Crippen molar-refractivity contribution in [1.82, 2.24) is 19.8 Å². The Kier molecular flexibility index (Phi) is 8.11. The summed E-state index contributed by atoms with van der Waals surface area (Å²) in [5.74, 6) is 0.572. The summed E-state index contributed by atoms with van der Waals surface area (Å²) in [6.45, 7) is 7.00. The van der Waals surface area contributed by atoms with Gasteiger partial charge in [0.15, 0.2) is 0 Å². The molecule has 2 fully saturated rings. The molecule has 1 unspecified atom stereocenters. The first-order valence-corrected chi connectivity index (χ1v) is 14.7. The van der Waals surface area contributed by atoms with Crippen LogP contribution < -0.4 is 25.8 Å². The standard InChI is InChI=1S/C33H36N6O4/c1-22-35-26-7-5-6-25(31(26)33(42)39(22)28-14-15-30(40)36-32(28)41)34-20-23-10-12-24(13-11-23)21-37-16-18-38(19-17-37)27-8-3-4-9-29(27)43-2/h3-13,28,34H,14-21H2,1-2H3,(H,36,40,41). The average Bonchev–Trinajstić information content (AvgIpc) is 3.02. The Hall–Kier alpha value is -4.70. The number of fused-ring (bicyclic) bond motifs is 1. The van der Waals surface area contributed by atoms with E-state index in [1.807, 2.05) is 24.3 Å². The van der Waals surface area contributed by atoms with Crippen LogP contribution in [0.2, 0.25) is 0 Å². The molecule has 0 aliphatic carbocycles. The van der Waals surface area contributed by atoms with Crippen LogP contribution in [0.5, 0.6) is 5.75 Å². The number of hydrogen-bond donors (Lipinski definition) is 2. The minimum atomic E-state index is -0.758. The number of nitrogens with zero attached hydrogens (tertiary/aromatic N) is 4. The van der Waals surface area contributed by atoms with Gasteiger partial charge >= 0.3 is 0 Å². The zero-order valence-electron chi connectivity index (χ0n) is 24.5. The molecule has 222 valence electrons. The van der Waals surface area contributed by atoms with Gasteiger partial charge in [-0.3, -0.25) is 29.2 Å². The lowest BCUT2D eigenvalue weighted by atomic mass is 10.1. The summed E-state index contributed by atoms with van der Waals surface area (Å²) in [6, 6.07) is 21.5. The molecule has 0 radical (unpaired) electrons. The minimum absolute atomic E-state index is 0.190. The highest BCUT2D eigenvalue weighted by Gasteiger charge is 2.31. The topological polar surface area (TPSA) is 109 Å². The third-order valence-electron chi connectivity index (χ3n) is 8.34. The van der Waals surface area contributed by atoms with Crippen LogP contribution >= 0.6 is 0 Å². The second-order valence-corrected chi connectivity index (χ2v) is 11.1. The molecule has 2 saturated heterocycles. The van der Waals surface area contributed by atoms with Gasteiger partial charge in [-0.15, -0.1) is 0 Å². The number of aryl methyl sites for hydroxylation is 1. The molecule has 1 atom stereocenters. The predicted molar refractivity (Wildman–Crippen MR) is 166 cm³/mol. The number of imide groups is 1. The van der Waals surface area contributed by atoms with E-state index in [1.54, 1.807) is 20.1 Å². The summed E-state index contributed by atoms with van der Waals surface area (Å²) in [5.41, 5.74) is 4.43. The molecule has 2 amide bonds. The average molecular weight is 581 g/mol. The number of hydrogen-bond acceptors (Lipinski definition) is 8. The van der Waals surface area contributed by atoms with E-state index in [0.29, 0.717) is 29.0 Å². The normalized spacial score (nSPS) is 17.6. The molecular weight excluding hydrogens is 544 g/mol. The van der Waals surface area contributed by atoms with E-state index in [2.05, 4.69) is 61.8 Å². The van der Waals surface area contributed by atoms with Gasteiger partial charge in [0.2, 0.25) is 11.8 Å². The number of rotatable bonds is 8. The number of benzene rings is 3. The summed E-state index contributed by atoms with van der Waals surface area (Å²) in [7, 11) is 1.72. The Bertz CT molecular complexity index is 1710. The number of anilines is 2. The molecule has 43 heavy (non-hydrogen) atoms. The lowest BCUT2D eigenvalue weighted by molar-refractivity contribution is -0.135. The molecule has 4 aromatic rings. The maximum atomic E-state index is 13.7. The molecule has 10 heteroatoms. The fourth-order valence-electron chi connectivity index (χ4n) is 6.05. The highest BCUT2D eigenvalue weighted by Crippen LogP contribution is 2.29. The number of para-hydroxylation sites is 2. The predicted octanol–water partition coefficient (Wildman–Crippen LogP) is 3.63. The van der Waals surface area contributed by atoms with E-state index < -0.39 is 11.9 Å². The fourth-order valence-corrected chi connectivity index (χ4v) is 6.05. The van der Waals surface area contributed by atoms with Crippen LogP contribution in [0.25, 0.3) is 10.9 Å². The molecule has 2 N–H and O–H groups in total. The largest absolute Gasteiger partial charge is 0.495 e. The van der Waals surface area contributed by atoms with Crippen molar-refractivity contribution in [3.05, 3.63) is 94.0 Å². The summed E-state index contributed by atoms with van der Waals surface area (Å²) < 4.78 is 6.96. The molecule has 3 aromatic carbocycles. The monoisotopic (exact) mass is 580 g/mol. The van der Waals surface area contributed by atoms with E-state index in [-0.39, 0.29) is 24.3 Å². The smallest absolute Gasteiger partial charge is 0.264 e. The van der Waals surface area contributed by atoms with Gasteiger partial charge in [0.1, 0.15) is 17.6 Å². The Morgan fingerprint density at radius 2 is 1.67 bits per heavy atom. The van der Waals surface area contributed by atoms with Crippen LogP contribution in [0.15, 0.2) is 71.5 Å². The Labute approximate surface area is 250 Å². The Morgan fingerprint density at radius 1 is 0.930 bits per heavy atom. The van der Waals surface area contributed by atoms with Gasteiger partial charge in [-0.05, 0) is 48.7 Å². The number of nitrogens with one attached hydrogen (secondary N) is 2. The quantitative estimate of drug-likeness (QED) is 0.304. The zero-order valence-corrected chi connectivity index (χ0v) is 24.5. The maximum Gasteiger partial charge on any atom is 0.264 e. The number of piperazine rings is 1. The molecule has 0 spiro atoms. The number of carbonyl (C=O) groups excluding carboxylic acids is 2. The van der Waals surface area contributed by atoms with Crippen LogP contribution in [-0.2, 0) is 22.7 Å². The van der Waals surface area contributed by atoms with Gasteiger partial charge in [-0.2, -0.15) is 0 Å². The van der Waals surface area contributed by atoms with Gasteiger partial charge in [0.05, 0.1) is 23.7 Å². The third kappa shape index (κ3) is 5.96. The van der Waals surface area contributed by atoms with Crippen LogP contribution in [0.1, 0.15) is 35.8 Å². The van der Waals surface area contributed by atoms with Crippen molar-refractivity contribution >= 4 is 34.1 Å². The van der Waals surface area contributed by atoms with Gasteiger partial charge in [0.25, 0.3) is 5.56 Å². The van der Waals surface area contributed by atoms with E-state index in [0.717, 1.165) is 49.7 Å². The van der Waals surface area contributed by atoms with E-state index in [9.17, 15) is 14.4 Å². The third-order valence-corrected chi connectivity index (χ3v) is 8.34. The Morgan fingerprint density at radius 3 is 2.42 bits per heavy atom. The van der Waals surface area contributed by atoms with Gasteiger partial charge in [0, 0.05) is 51.4 Å². The van der Waals surface area contributed by atoms with Crippen molar-refractivity contribution in [2.24, 2.45) is 0 Å². The van der Waals surface area contributed by atoms with E-state index in [1.165, 1.54) is 10.1 Å². The molecule has 1 aromatic heterocycles. The van der Waals surface area contributed by atoms with Crippen LogP contribution in [0.3, 0.4) is 0 Å². The van der Waals surface area contributed by atoms with Crippen molar-refractivity contribution in [3.8, 4) is 5.75 Å². The first kappa shape index (κ1) is 28.4. The minimum Gasteiger partial charge on any atom is -0.495 e. The zero-order chi connectivity index (χ0) is 29.9. The Balaban J connectivity index is 1.10. The second kappa shape index (κ2) is 12.3. The molecule has 2 aliphatic rings. The summed E-state index contributed by atoms with van der Waals surface area (Å²) in [5, 5.41) is 6.19. The molecule has 0 saturated carbocycles. The maximum absolute atomic E-state index is 13.7. The summed E-state index contributed by atoms with van der Waals surface area (Å²) in [4.78, 5) is 47.4. The fraction of sp³-hybridized carbons (Fsp3) is 0.333. The van der Waals surface area contributed by atoms with Gasteiger partial charge < -0.3 is 15.0 Å². The number of methoxy groups -OCH3 is 1. The highest BCUT2D eigenvalue weighted by molar-refractivity contribution is 5.99. The van der Waals surface area contributed by atoms with Crippen molar-refractivity contribution in [2.45, 2.75) is 38.9 Å². The van der Waals surface area contributed by atoms with Crippen molar-refractivity contribution in [3.63, 3.8) is 0 Å². The van der Waals surface area contributed by atoms with Gasteiger partial charge in [-0.1, -0.05) is 42.5 Å². The van der Waals surface area contributed by atoms with Crippen molar-refractivity contribution in [1.29, 1.82) is 0 Å². The van der Waals surface area contributed by atoms with E-state index in [4.69, 9.17) is 4.74 Å². The lowest BCUT2D eigenvalue weighted by Gasteiger charge is -2.36. The van der Waals surface area contributed by atoms with Crippen LogP contribution in [0.4, 0.5) is 11.4 Å². The lowest BCUT2D eigenvalue weighted by Crippen LogP contribution is -2.46. The highest BCUT2D eigenvalue weighted by atomic mass is 16.5. The number of aromatic nitrogens is 2. The van der Waals surface area contributed by atoms with E-state index >= 15 is 0 Å². The summed E-state index contributed by atoms with van der Waals surface area (Å²) >= 11 is 0. The molecule has 6 rings (SSSR count). The molecule has 0 bridgehead atoms. The first-order valence-electron chi connectivity index (χ1n) is 14.7. The summed E-state index contributed by atoms with van der Waals surface area (Å²) in [6.07, 6.45) is 0.466. The van der Waals surface area contributed by atoms with Crippen molar-refractivity contribution < 1.29 is 14.3 Å².